The van der Waals surface area contributed by atoms with Crippen LogP contribution in [0.25, 0.3) is 10.8 Å². The van der Waals surface area contributed by atoms with Crippen LogP contribution in [-0.4, -0.2) is 23.3 Å². The lowest BCUT2D eigenvalue weighted by atomic mass is 9.77. The second-order valence-electron chi connectivity index (χ2n) is 9.52. The van der Waals surface area contributed by atoms with Crippen molar-refractivity contribution in [2.75, 3.05) is 11.1 Å². The van der Waals surface area contributed by atoms with E-state index in [1.807, 2.05) is 78.9 Å². The van der Waals surface area contributed by atoms with Gasteiger partial charge in [0.25, 0.3) is 0 Å². The largest absolute Gasteiger partial charge is 0.460 e. The van der Waals surface area contributed by atoms with Gasteiger partial charge in [-0.15, -0.1) is 0 Å². The highest BCUT2D eigenvalue weighted by Gasteiger charge is 2.41. The first-order valence-corrected chi connectivity index (χ1v) is 14.4. The number of carbonyl (C=O) groups excluding carboxylic acids is 2. The molecule has 1 amide bonds. The van der Waals surface area contributed by atoms with Gasteiger partial charge in [-0.25, -0.2) is 4.99 Å². The molecule has 204 valence electrons. The van der Waals surface area contributed by atoms with Crippen molar-refractivity contribution in [1.82, 2.24) is 0 Å². The number of amides is 1. The molecule has 1 N–H and O–H groups in total. The Morgan fingerprint density at radius 1 is 0.976 bits per heavy atom. The zero-order chi connectivity index (χ0) is 28.8. The summed E-state index contributed by atoms with van der Waals surface area (Å²) in [6, 6.07) is 32.3. The molecule has 1 aliphatic rings. The second-order valence-corrected chi connectivity index (χ2v) is 10.9. The van der Waals surface area contributed by atoms with Gasteiger partial charge in [0.2, 0.25) is 5.91 Å². The third-order valence-electron chi connectivity index (χ3n) is 6.85. The average molecular weight is 580 g/mol. The number of fused-ring (bicyclic) bond motifs is 1. The SMILES string of the molecule is CC1=NC(SCC(=O)Nc2cccc3ccccc23)=C(C#N)[C@H](c2ccccc2Cl)C1C(=O)OCc1ccccc1. The first-order valence-electron chi connectivity index (χ1n) is 13.0. The van der Waals surface area contributed by atoms with Crippen LogP contribution in [0.1, 0.15) is 24.0 Å². The fraction of sp³-hybridized carbons (Fsp3) is 0.152. The Morgan fingerprint density at radius 3 is 2.46 bits per heavy atom. The molecule has 5 rings (SSSR count). The molecule has 1 unspecified atom stereocenters. The summed E-state index contributed by atoms with van der Waals surface area (Å²) in [5.41, 5.74) is 2.95. The van der Waals surface area contributed by atoms with Gasteiger partial charge < -0.3 is 10.1 Å². The van der Waals surface area contributed by atoms with Crippen LogP contribution in [0.4, 0.5) is 5.69 Å². The maximum atomic E-state index is 13.5. The molecule has 0 aromatic heterocycles. The van der Waals surface area contributed by atoms with Crippen molar-refractivity contribution >= 4 is 57.4 Å². The van der Waals surface area contributed by atoms with Crippen LogP contribution in [0, 0.1) is 17.2 Å². The van der Waals surface area contributed by atoms with E-state index >= 15 is 0 Å². The predicted molar refractivity (Wildman–Crippen MR) is 165 cm³/mol. The number of rotatable bonds is 8. The van der Waals surface area contributed by atoms with E-state index in [0.29, 0.717) is 27.0 Å². The molecule has 8 heteroatoms. The molecule has 0 radical (unpaired) electrons. The summed E-state index contributed by atoms with van der Waals surface area (Å²) in [4.78, 5) is 31.1. The van der Waals surface area contributed by atoms with Crippen molar-refractivity contribution in [1.29, 1.82) is 5.26 Å². The van der Waals surface area contributed by atoms with Crippen molar-refractivity contribution in [3.63, 3.8) is 0 Å². The summed E-state index contributed by atoms with van der Waals surface area (Å²) in [5.74, 6) is -2.26. The minimum atomic E-state index is -0.845. The molecule has 4 aromatic carbocycles. The molecule has 2 atom stereocenters. The van der Waals surface area contributed by atoms with E-state index < -0.39 is 17.8 Å². The molecule has 1 heterocycles. The molecule has 41 heavy (non-hydrogen) atoms. The normalized spacial score (nSPS) is 16.6. The van der Waals surface area contributed by atoms with Gasteiger partial charge in [0, 0.05) is 27.7 Å². The number of aliphatic imine (C=N–C) groups is 1. The van der Waals surface area contributed by atoms with Crippen molar-refractivity contribution in [3.05, 3.63) is 124 Å². The monoisotopic (exact) mass is 579 g/mol. The number of nitriles is 1. The highest BCUT2D eigenvalue weighted by Crippen LogP contribution is 2.44. The lowest BCUT2D eigenvalue weighted by Crippen LogP contribution is -2.34. The number of thioether (sulfide) groups is 1. The molecular formula is C33H26ClN3O3S. The van der Waals surface area contributed by atoms with E-state index in [1.54, 1.807) is 25.1 Å². The molecular weight excluding hydrogens is 554 g/mol. The maximum absolute atomic E-state index is 13.5. The Bertz CT molecular complexity index is 1710. The number of allylic oxidation sites excluding steroid dienone is 1. The van der Waals surface area contributed by atoms with E-state index in [9.17, 15) is 14.9 Å². The number of nitrogens with one attached hydrogen (secondary N) is 1. The third kappa shape index (κ3) is 6.35. The molecule has 0 aliphatic carbocycles. The number of ether oxygens (including phenoxy) is 1. The second kappa shape index (κ2) is 12.9. The van der Waals surface area contributed by atoms with Crippen molar-refractivity contribution < 1.29 is 14.3 Å². The molecule has 0 spiro atoms. The minimum absolute atomic E-state index is 0.0267. The molecule has 0 bridgehead atoms. The van der Waals surface area contributed by atoms with E-state index in [-0.39, 0.29) is 23.8 Å². The average Bonchev–Trinajstić information content (AvgIpc) is 2.99. The first-order chi connectivity index (χ1) is 20.0. The number of carbonyl (C=O) groups is 2. The predicted octanol–water partition coefficient (Wildman–Crippen LogP) is 7.52. The number of hydrogen-bond donors (Lipinski definition) is 1. The molecule has 0 saturated carbocycles. The zero-order valence-electron chi connectivity index (χ0n) is 22.2. The van der Waals surface area contributed by atoms with Crippen LogP contribution < -0.4 is 5.32 Å². The summed E-state index contributed by atoms with van der Waals surface area (Å²) < 4.78 is 5.69. The van der Waals surface area contributed by atoms with Gasteiger partial charge in [0.05, 0.1) is 17.4 Å². The Hall–Kier alpha value is -4.38. The van der Waals surface area contributed by atoms with Crippen LogP contribution >= 0.6 is 23.4 Å². The molecule has 1 aliphatic heterocycles. The fourth-order valence-electron chi connectivity index (χ4n) is 4.90. The number of esters is 1. The Morgan fingerprint density at radius 2 is 1.68 bits per heavy atom. The van der Waals surface area contributed by atoms with Gasteiger partial charge in [-0.2, -0.15) is 5.26 Å². The molecule has 6 nitrogen and oxygen atoms in total. The van der Waals surface area contributed by atoms with Gasteiger partial charge in [-0.05, 0) is 35.6 Å². The lowest BCUT2D eigenvalue weighted by molar-refractivity contribution is -0.147. The van der Waals surface area contributed by atoms with Crippen LogP contribution in [0.15, 0.2) is 113 Å². The Balaban J connectivity index is 1.40. The van der Waals surface area contributed by atoms with Gasteiger partial charge in [-0.1, -0.05) is 108 Å². The maximum Gasteiger partial charge on any atom is 0.316 e. The van der Waals surface area contributed by atoms with Crippen LogP contribution in [-0.2, 0) is 20.9 Å². The van der Waals surface area contributed by atoms with Crippen molar-refractivity contribution in [2.24, 2.45) is 10.9 Å². The molecule has 0 saturated heterocycles. The number of halogens is 1. The smallest absolute Gasteiger partial charge is 0.316 e. The minimum Gasteiger partial charge on any atom is -0.460 e. The molecule has 0 fully saturated rings. The van der Waals surface area contributed by atoms with Crippen LogP contribution in [0.3, 0.4) is 0 Å². The van der Waals surface area contributed by atoms with E-state index in [4.69, 9.17) is 16.3 Å². The van der Waals surface area contributed by atoms with Gasteiger partial charge in [-0.3, -0.25) is 9.59 Å². The summed E-state index contributed by atoms with van der Waals surface area (Å²) in [7, 11) is 0. The quantitative estimate of drug-likeness (QED) is 0.218. The molecule has 4 aromatic rings. The van der Waals surface area contributed by atoms with Crippen LogP contribution in [0.5, 0.6) is 0 Å². The highest BCUT2D eigenvalue weighted by atomic mass is 35.5. The van der Waals surface area contributed by atoms with E-state index in [1.165, 1.54) is 0 Å². The fourth-order valence-corrected chi connectivity index (χ4v) is 6.03. The van der Waals surface area contributed by atoms with Gasteiger partial charge >= 0.3 is 5.97 Å². The lowest BCUT2D eigenvalue weighted by Gasteiger charge is -2.30. The third-order valence-corrected chi connectivity index (χ3v) is 8.18. The highest BCUT2D eigenvalue weighted by molar-refractivity contribution is 8.03. The Kier molecular flexibility index (Phi) is 8.83. The van der Waals surface area contributed by atoms with Crippen molar-refractivity contribution in [2.45, 2.75) is 19.4 Å². The summed E-state index contributed by atoms with van der Waals surface area (Å²) in [5, 5.41) is 16.1. The summed E-state index contributed by atoms with van der Waals surface area (Å²) in [6.07, 6.45) is 0. The summed E-state index contributed by atoms with van der Waals surface area (Å²) in [6.45, 7) is 1.84. The van der Waals surface area contributed by atoms with Crippen molar-refractivity contribution in [3.8, 4) is 6.07 Å². The topological polar surface area (TPSA) is 91.5 Å². The van der Waals surface area contributed by atoms with Gasteiger partial charge in [0.1, 0.15) is 17.6 Å². The van der Waals surface area contributed by atoms with E-state index in [2.05, 4.69) is 16.4 Å². The standard InChI is InChI=1S/C33H26ClN3O3S/c1-21-30(33(39)40-19-22-10-3-2-4-11-22)31(25-15-7-8-16-27(25)34)26(18-35)32(36-21)41-20-29(38)37-28-17-9-13-23-12-5-6-14-24(23)28/h2-17,30-31H,19-20H2,1H3,(H,37,38)/t30?,31-/m0/s1. The summed E-state index contributed by atoms with van der Waals surface area (Å²) >= 11 is 7.75. The number of hydrogen-bond acceptors (Lipinski definition) is 6. The number of anilines is 1. The number of benzene rings is 4. The van der Waals surface area contributed by atoms with Crippen LogP contribution in [0.2, 0.25) is 5.02 Å². The van der Waals surface area contributed by atoms with Gasteiger partial charge in [0.15, 0.2) is 0 Å². The number of nitrogens with zero attached hydrogens (tertiary/aromatic N) is 2. The Labute approximate surface area is 247 Å². The first kappa shape index (κ1) is 28.2. The zero-order valence-corrected chi connectivity index (χ0v) is 23.8. The van der Waals surface area contributed by atoms with E-state index in [0.717, 1.165) is 28.1 Å².